The molecule has 0 aliphatic rings. The Morgan fingerprint density at radius 1 is 1.41 bits per heavy atom. The van der Waals surface area contributed by atoms with Gasteiger partial charge in [-0.05, 0) is 19.0 Å². The number of halogens is 1. The van der Waals surface area contributed by atoms with Crippen LogP contribution in [0.1, 0.15) is 13.3 Å². The second kappa shape index (κ2) is 8.30. The maximum Gasteiger partial charge on any atom is 0.317 e. The zero-order chi connectivity index (χ0) is 16.7. The molecular formula is C13H16ClN3O5. The summed E-state index contributed by atoms with van der Waals surface area (Å²) in [4.78, 5) is 34.1. The van der Waals surface area contributed by atoms with E-state index in [1.807, 2.05) is 6.92 Å². The normalized spacial score (nSPS) is 10.5. The Kier molecular flexibility index (Phi) is 6.74. The maximum absolute atomic E-state index is 11.9. The Bertz CT molecular complexity index is 579. The molecule has 0 heterocycles. The second-order valence-corrected chi connectivity index (χ2v) is 4.98. The minimum absolute atomic E-state index is 0.0443. The quantitative estimate of drug-likeness (QED) is 0.557. The summed E-state index contributed by atoms with van der Waals surface area (Å²) in [5.74, 6) is -1.46. The largest absolute Gasteiger partial charge is 0.480 e. The van der Waals surface area contributed by atoms with E-state index in [1.54, 1.807) is 0 Å². The highest BCUT2D eigenvalue weighted by Crippen LogP contribution is 2.26. The molecule has 0 saturated carbocycles. The van der Waals surface area contributed by atoms with Crippen LogP contribution in [-0.2, 0) is 9.59 Å². The first-order chi connectivity index (χ1) is 10.3. The molecule has 1 rings (SSSR count). The van der Waals surface area contributed by atoms with Crippen molar-refractivity contribution in [3.05, 3.63) is 33.3 Å². The van der Waals surface area contributed by atoms with Crippen molar-refractivity contribution in [1.82, 2.24) is 4.90 Å². The predicted octanol–water partition coefficient (Wildman–Crippen LogP) is 1.98. The van der Waals surface area contributed by atoms with Crippen LogP contribution in [0.5, 0.6) is 0 Å². The molecule has 8 nitrogen and oxygen atoms in total. The van der Waals surface area contributed by atoms with Gasteiger partial charge in [0.2, 0.25) is 5.91 Å². The summed E-state index contributed by atoms with van der Waals surface area (Å²) in [6.07, 6.45) is 0.707. The third kappa shape index (κ3) is 5.66. The van der Waals surface area contributed by atoms with Gasteiger partial charge in [0, 0.05) is 12.1 Å². The van der Waals surface area contributed by atoms with Gasteiger partial charge in [0.05, 0.1) is 28.7 Å². The lowest BCUT2D eigenvalue weighted by Crippen LogP contribution is -2.37. The van der Waals surface area contributed by atoms with E-state index in [9.17, 15) is 19.7 Å². The molecule has 2 N–H and O–H groups in total. The summed E-state index contributed by atoms with van der Waals surface area (Å²) in [5.41, 5.74) is 0.0607. The monoisotopic (exact) mass is 329 g/mol. The highest BCUT2D eigenvalue weighted by Gasteiger charge is 2.15. The van der Waals surface area contributed by atoms with Crippen molar-refractivity contribution in [1.29, 1.82) is 0 Å². The Labute approximate surface area is 131 Å². The molecule has 1 aromatic carbocycles. The number of non-ortho nitro benzene ring substituents is 1. The van der Waals surface area contributed by atoms with E-state index in [0.29, 0.717) is 13.0 Å². The van der Waals surface area contributed by atoms with Gasteiger partial charge in [0.15, 0.2) is 0 Å². The molecular weight excluding hydrogens is 314 g/mol. The van der Waals surface area contributed by atoms with Crippen LogP contribution >= 0.6 is 11.6 Å². The molecule has 0 fully saturated rings. The van der Waals surface area contributed by atoms with Gasteiger partial charge >= 0.3 is 5.97 Å². The molecule has 22 heavy (non-hydrogen) atoms. The number of nitrogens with one attached hydrogen (secondary N) is 1. The molecule has 0 radical (unpaired) electrons. The highest BCUT2D eigenvalue weighted by molar-refractivity contribution is 6.34. The number of carboxylic acid groups (broad SMARTS) is 1. The van der Waals surface area contributed by atoms with Crippen LogP contribution in [0.15, 0.2) is 18.2 Å². The fourth-order valence-electron chi connectivity index (χ4n) is 1.83. The topological polar surface area (TPSA) is 113 Å². The molecule has 0 aliphatic carbocycles. The van der Waals surface area contributed by atoms with E-state index in [-0.39, 0.29) is 29.5 Å². The first-order valence-electron chi connectivity index (χ1n) is 6.51. The molecule has 0 unspecified atom stereocenters. The minimum Gasteiger partial charge on any atom is -0.480 e. The van der Waals surface area contributed by atoms with Gasteiger partial charge in [-0.1, -0.05) is 18.5 Å². The summed E-state index contributed by atoms with van der Waals surface area (Å²) in [6, 6.07) is 3.69. The lowest BCUT2D eigenvalue weighted by molar-refractivity contribution is -0.384. The first kappa shape index (κ1) is 17.9. The first-order valence-corrected chi connectivity index (χ1v) is 6.89. The second-order valence-electron chi connectivity index (χ2n) is 4.57. The standard InChI is InChI=1S/C13H16ClN3O5/c1-2-5-16(8-13(19)20)7-12(18)15-11-4-3-9(17(21)22)6-10(11)14/h3-4,6H,2,5,7-8H2,1H3,(H,15,18)(H,19,20). The molecule has 9 heteroatoms. The van der Waals surface area contributed by atoms with E-state index in [2.05, 4.69) is 5.32 Å². The van der Waals surface area contributed by atoms with Crippen LogP contribution in [0.4, 0.5) is 11.4 Å². The van der Waals surface area contributed by atoms with Crippen molar-refractivity contribution in [3.8, 4) is 0 Å². The van der Waals surface area contributed by atoms with E-state index in [0.717, 1.165) is 6.07 Å². The van der Waals surface area contributed by atoms with Crippen molar-refractivity contribution in [2.45, 2.75) is 13.3 Å². The summed E-state index contributed by atoms with van der Waals surface area (Å²) in [7, 11) is 0. The number of nitro benzene ring substituents is 1. The van der Waals surface area contributed by atoms with Crippen LogP contribution < -0.4 is 5.32 Å². The number of amides is 1. The van der Waals surface area contributed by atoms with E-state index in [4.69, 9.17) is 16.7 Å². The number of hydrogen-bond acceptors (Lipinski definition) is 5. The number of carboxylic acids is 1. The van der Waals surface area contributed by atoms with Crippen LogP contribution in [0, 0.1) is 10.1 Å². The molecule has 1 aromatic rings. The Balaban J connectivity index is 2.71. The molecule has 0 aromatic heterocycles. The average Bonchev–Trinajstić information content (AvgIpc) is 2.40. The summed E-state index contributed by atoms with van der Waals surface area (Å²) < 4.78 is 0. The Hall–Kier alpha value is -2.19. The van der Waals surface area contributed by atoms with Gasteiger partial charge in [0.1, 0.15) is 0 Å². The van der Waals surface area contributed by atoms with Gasteiger partial charge < -0.3 is 10.4 Å². The molecule has 0 saturated heterocycles. The Morgan fingerprint density at radius 3 is 2.59 bits per heavy atom. The van der Waals surface area contributed by atoms with Gasteiger partial charge in [-0.3, -0.25) is 24.6 Å². The van der Waals surface area contributed by atoms with Crippen molar-refractivity contribution in [2.24, 2.45) is 0 Å². The number of carbonyl (C=O) groups is 2. The summed E-state index contributed by atoms with van der Waals surface area (Å²) in [6.45, 7) is 2.00. The van der Waals surface area contributed by atoms with E-state index >= 15 is 0 Å². The van der Waals surface area contributed by atoms with Crippen molar-refractivity contribution in [3.63, 3.8) is 0 Å². The number of nitro groups is 1. The van der Waals surface area contributed by atoms with Crippen LogP contribution in [-0.4, -0.2) is 46.4 Å². The predicted molar refractivity (Wildman–Crippen MR) is 81.1 cm³/mol. The zero-order valence-electron chi connectivity index (χ0n) is 11.9. The minimum atomic E-state index is -1.02. The maximum atomic E-state index is 11.9. The Morgan fingerprint density at radius 2 is 2.09 bits per heavy atom. The number of hydrogen-bond donors (Lipinski definition) is 2. The van der Waals surface area contributed by atoms with Gasteiger partial charge in [-0.25, -0.2) is 0 Å². The van der Waals surface area contributed by atoms with Gasteiger partial charge in [-0.2, -0.15) is 0 Å². The van der Waals surface area contributed by atoms with Gasteiger partial charge in [0.25, 0.3) is 5.69 Å². The fourth-order valence-corrected chi connectivity index (χ4v) is 2.06. The lowest BCUT2D eigenvalue weighted by Gasteiger charge is -2.18. The van der Waals surface area contributed by atoms with Crippen LogP contribution in [0.25, 0.3) is 0 Å². The molecule has 1 amide bonds. The van der Waals surface area contributed by atoms with E-state index < -0.39 is 16.8 Å². The number of carbonyl (C=O) groups excluding carboxylic acids is 1. The van der Waals surface area contributed by atoms with Crippen LogP contribution in [0.3, 0.4) is 0 Å². The van der Waals surface area contributed by atoms with Crippen LogP contribution in [0.2, 0.25) is 5.02 Å². The SMILES string of the molecule is CCCN(CC(=O)O)CC(=O)Nc1ccc([N+](=O)[O-])cc1Cl. The number of aliphatic carboxylic acids is 1. The molecule has 0 spiro atoms. The third-order valence-corrected chi connectivity index (χ3v) is 3.02. The summed E-state index contributed by atoms with van der Waals surface area (Å²) >= 11 is 5.87. The third-order valence-electron chi connectivity index (χ3n) is 2.70. The lowest BCUT2D eigenvalue weighted by atomic mass is 10.2. The number of anilines is 1. The zero-order valence-corrected chi connectivity index (χ0v) is 12.7. The fraction of sp³-hybridized carbons (Fsp3) is 0.385. The number of benzene rings is 1. The molecule has 0 atom stereocenters. The van der Waals surface area contributed by atoms with Gasteiger partial charge in [-0.15, -0.1) is 0 Å². The molecule has 120 valence electrons. The summed E-state index contributed by atoms with van der Waals surface area (Å²) in [5, 5.41) is 21.9. The smallest absolute Gasteiger partial charge is 0.317 e. The van der Waals surface area contributed by atoms with Crippen molar-refractivity contribution in [2.75, 3.05) is 25.0 Å². The van der Waals surface area contributed by atoms with Crippen molar-refractivity contribution < 1.29 is 19.6 Å². The average molecular weight is 330 g/mol. The molecule has 0 bridgehead atoms. The number of rotatable bonds is 8. The molecule has 0 aliphatic heterocycles. The van der Waals surface area contributed by atoms with E-state index in [1.165, 1.54) is 17.0 Å². The number of nitrogens with zero attached hydrogens (tertiary/aromatic N) is 2. The van der Waals surface area contributed by atoms with Crippen molar-refractivity contribution >= 4 is 34.9 Å². The highest BCUT2D eigenvalue weighted by atomic mass is 35.5.